The van der Waals surface area contributed by atoms with Crippen LogP contribution in [0.4, 0.5) is 4.39 Å². The molecular formula is C16H22FNO3. The summed E-state index contributed by atoms with van der Waals surface area (Å²) in [6.45, 7) is 4.40. The van der Waals surface area contributed by atoms with Crippen LogP contribution in [0.1, 0.15) is 32.3 Å². The Labute approximate surface area is 124 Å². The van der Waals surface area contributed by atoms with Gasteiger partial charge < -0.3 is 10.4 Å². The van der Waals surface area contributed by atoms with Crippen LogP contribution in [0.5, 0.6) is 0 Å². The molecule has 0 aliphatic rings. The highest BCUT2D eigenvalue weighted by Gasteiger charge is 2.16. The monoisotopic (exact) mass is 295 g/mol. The zero-order chi connectivity index (χ0) is 15.8. The second-order valence-electron chi connectivity index (χ2n) is 5.70. The molecule has 1 atom stereocenters. The maximum Gasteiger partial charge on any atom is 0.303 e. The summed E-state index contributed by atoms with van der Waals surface area (Å²) in [6, 6.07) is 5.76. The zero-order valence-corrected chi connectivity index (χ0v) is 12.4. The number of benzene rings is 1. The van der Waals surface area contributed by atoms with Crippen molar-refractivity contribution in [1.82, 2.24) is 5.32 Å². The molecule has 0 spiro atoms. The normalized spacial score (nSPS) is 12.2. The Kier molecular flexibility index (Phi) is 6.85. The Hall–Kier alpha value is -1.91. The Morgan fingerprint density at radius 2 is 1.86 bits per heavy atom. The van der Waals surface area contributed by atoms with E-state index in [1.54, 1.807) is 12.1 Å². The van der Waals surface area contributed by atoms with Crippen molar-refractivity contribution in [3.8, 4) is 0 Å². The third-order valence-electron chi connectivity index (χ3n) is 3.13. The number of amides is 1. The summed E-state index contributed by atoms with van der Waals surface area (Å²) < 4.78 is 12.8. The van der Waals surface area contributed by atoms with Crippen molar-refractivity contribution in [1.29, 1.82) is 0 Å². The molecule has 2 N–H and O–H groups in total. The molecule has 1 rings (SSSR count). The number of carboxylic acid groups (broad SMARTS) is 1. The smallest absolute Gasteiger partial charge is 0.303 e. The van der Waals surface area contributed by atoms with E-state index >= 15 is 0 Å². The van der Waals surface area contributed by atoms with Gasteiger partial charge in [-0.15, -0.1) is 0 Å². The maximum absolute atomic E-state index is 12.8. The molecule has 1 aromatic carbocycles. The fourth-order valence-corrected chi connectivity index (χ4v) is 2.26. The molecule has 0 bridgehead atoms. The highest BCUT2D eigenvalue weighted by Crippen LogP contribution is 2.14. The molecule has 4 nitrogen and oxygen atoms in total. The predicted molar refractivity (Wildman–Crippen MR) is 78.3 cm³/mol. The van der Waals surface area contributed by atoms with Gasteiger partial charge in [0, 0.05) is 13.0 Å². The van der Waals surface area contributed by atoms with Crippen LogP contribution in [0.3, 0.4) is 0 Å². The first-order chi connectivity index (χ1) is 9.86. The van der Waals surface area contributed by atoms with Gasteiger partial charge in [0.15, 0.2) is 0 Å². The van der Waals surface area contributed by atoms with Crippen molar-refractivity contribution < 1.29 is 19.1 Å². The van der Waals surface area contributed by atoms with Gasteiger partial charge in [0.1, 0.15) is 5.82 Å². The molecule has 5 heteroatoms. The quantitative estimate of drug-likeness (QED) is 0.774. The number of hydrogen-bond acceptors (Lipinski definition) is 2. The summed E-state index contributed by atoms with van der Waals surface area (Å²) in [7, 11) is 0. The van der Waals surface area contributed by atoms with Crippen LogP contribution in [0.15, 0.2) is 24.3 Å². The molecule has 0 saturated carbocycles. The molecular weight excluding hydrogens is 273 g/mol. The fraction of sp³-hybridized carbons (Fsp3) is 0.500. The van der Waals surface area contributed by atoms with E-state index in [4.69, 9.17) is 5.11 Å². The van der Waals surface area contributed by atoms with E-state index in [1.807, 2.05) is 13.8 Å². The topological polar surface area (TPSA) is 66.4 Å². The first-order valence-electron chi connectivity index (χ1n) is 7.09. The number of halogens is 1. The Bertz CT molecular complexity index is 471. The van der Waals surface area contributed by atoms with Gasteiger partial charge in [0.25, 0.3) is 0 Å². The van der Waals surface area contributed by atoms with Gasteiger partial charge in [-0.2, -0.15) is 0 Å². The van der Waals surface area contributed by atoms with E-state index in [0.717, 1.165) is 12.0 Å². The molecule has 0 aromatic heterocycles. The highest BCUT2D eigenvalue weighted by atomic mass is 19.1. The van der Waals surface area contributed by atoms with Crippen LogP contribution in [0, 0.1) is 17.7 Å². The van der Waals surface area contributed by atoms with Gasteiger partial charge in [0.05, 0.1) is 6.42 Å². The number of hydrogen-bond donors (Lipinski definition) is 2. The van der Waals surface area contributed by atoms with Gasteiger partial charge in [-0.05, 0) is 36.0 Å². The maximum atomic E-state index is 12.8. The van der Waals surface area contributed by atoms with Crippen molar-refractivity contribution in [3.05, 3.63) is 35.6 Å². The molecule has 0 fully saturated rings. The summed E-state index contributed by atoms with van der Waals surface area (Å²) in [6.07, 6.45) is 0.972. The third kappa shape index (κ3) is 7.44. The average molecular weight is 295 g/mol. The minimum absolute atomic E-state index is 0.0506. The van der Waals surface area contributed by atoms with E-state index in [0.29, 0.717) is 12.5 Å². The third-order valence-corrected chi connectivity index (χ3v) is 3.13. The highest BCUT2D eigenvalue weighted by molar-refractivity contribution is 5.78. The van der Waals surface area contributed by atoms with Gasteiger partial charge in [-0.1, -0.05) is 26.0 Å². The average Bonchev–Trinajstić information content (AvgIpc) is 2.37. The molecule has 0 radical (unpaired) electrons. The van der Waals surface area contributed by atoms with E-state index in [9.17, 15) is 14.0 Å². The van der Waals surface area contributed by atoms with Gasteiger partial charge in [0.2, 0.25) is 5.91 Å². The number of aliphatic carboxylic acids is 1. The lowest BCUT2D eigenvalue weighted by atomic mass is 9.94. The van der Waals surface area contributed by atoms with Crippen molar-refractivity contribution in [2.75, 3.05) is 6.54 Å². The Morgan fingerprint density at radius 3 is 2.38 bits per heavy atom. The molecule has 0 unspecified atom stereocenters. The largest absolute Gasteiger partial charge is 0.481 e. The van der Waals surface area contributed by atoms with Crippen LogP contribution in [-0.4, -0.2) is 23.5 Å². The summed E-state index contributed by atoms with van der Waals surface area (Å²) in [5.74, 6) is -1.06. The molecule has 1 aromatic rings. The molecule has 116 valence electrons. The van der Waals surface area contributed by atoms with E-state index in [-0.39, 0.29) is 30.5 Å². The van der Waals surface area contributed by atoms with Gasteiger partial charge >= 0.3 is 5.97 Å². The standard InChI is InChI=1S/C16H22FNO3/c1-11(2)7-13(9-16(20)21)10-18-15(19)8-12-3-5-14(17)6-4-12/h3-6,11,13H,7-10H2,1-2H3,(H,18,19)(H,20,21)/t13-/m0/s1. The lowest BCUT2D eigenvalue weighted by molar-refractivity contribution is -0.138. The van der Waals surface area contributed by atoms with Crippen LogP contribution < -0.4 is 5.32 Å². The molecule has 0 heterocycles. The summed E-state index contributed by atoms with van der Waals surface area (Å²) >= 11 is 0. The van der Waals surface area contributed by atoms with Crippen LogP contribution in [-0.2, 0) is 16.0 Å². The molecule has 1 amide bonds. The van der Waals surface area contributed by atoms with Crippen LogP contribution in [0.2, 0.25) is 0 Å². The second-order valence-corrected chi connectivity index (χ2v) is 5.70. The molecule has 0 aliphatic heterocycles. The van der Waals surface area contributed by atoms with E-state index in [1.165, 1.54) is 12.1 Å². The van der Waals surface area contributed by atoms with Crippen LogP contribution in [0.25, 0.3) is 0 Å². The first-order valence-corrected chi connectivity index (χ1v) is 7.09. The van der Waals surface area contributed by atoms with Crippen LogP contribution >= 0.6 is 0 Å². The van der Waals surface area contributed by atoms with Crippen molar-refractivity contribution in [2.45, 2.75) is 33.1 Å². The Morgan fingerprint density at radius 1 is 1.24 bits per heavy atom. The number of carbonyl (C=O) groups excluding carboxylic acids is 1. The minimum Gasteiger partial charge on any atom is -0.481 e. The van der Waals surface area contributed by atoms with E-state index in [2.05, 4.69) is 5.32 Å². The minimum atomic E-state index is -0.853. The fourth-order valence-electron chi connectivity index (χ4n) is 2.26. The zero-order valence-electron chi connectivity index (χ0n) is 12.4. The molecule has 0 saturated heterocycles. The summed E-state index contributed by atoms with van der Waals surface area (Å²) in [5, 5.41) is 11.6. The summed E-state index contributed by atoms with van der Waals surface area (Å²) in [4.78, 5) is 22.6. The second kappa shape index (κ2) is 8.39. The molecule has 0 aliphatic carbocycles. The number of carbonyl (C=O) groups is 2. The van der Waals surface area contributed by atoms with E-state index < -0.39 is 5.97 Å². The lowest BCUT2D eigenvalue weighted by Gasteiger charge is -2.17. The molecule has 21 heavy (non-hydrogen) atoms. The SMILES string of the molecule is CC(C)C[C@H](CNC(=O)Cc1ccc(F)cc1)CC(=O)O. The van der Waals surface area contributed by atoms with Gasteiger partial charge in [-0.3, -0.25) is 9.59 Å². The van der Waals surface area contributed by atoms with Gasteiger partial charge in [-0.25, -0.2) is 4.39 Å². The lowest BCUT2D eigenvalue weighted by Crippen LogP contribution is -2.32. The number of nitrogens with one attached hydrogen (secondary N) is 1. The number of rotatable bonds is 8. The summed E-state index contributed by atoms with van der Waals surface area (Å²) in [5.41, 5.74) is 0.729. The Balaban J connectivity index is 2.44. The van der Waals surface area contributed by atoms with Crippen molar-refractivity contribution >= 4 is 11.9 Å². The number of carboxylic acids is 1. The van der Waals surface area contributed by atoms with Crippen molar-refractivity contribution in [2.24, 2.45) is 11.8 Å². The first kappa shape index (κ1) is 17.1. The predicted octanol–water partition coefficient (Wildman–Crippen LogP) is 2.62. The van der Waals surface area contributed by atoms with Crippen molar-refractivity contribution in [3.63, 3.8) is 0 Å².